The monoisotopic (exact) mass is 358 g/mol. The number of aromatic nitrogens is 3. The number of hydrogen-bond donors (Lipinski definition) is 1. The van der Waals surface area contributed by atoms with Crippen LogP contribution in [0, 0.1) is 0 Å². The molecule has 1 aliphatic heterocycles. The topological polar surface area (TPSA) is 80.0 Å². The second-order valence-electron chi connectivity index (χ2n) is 5.82. The van der Waals surface area contributed by atoms with Gasteiger partial charge >= 0.3 is 5.97 Å². The van der Waals surface area contributed by atoms with Crippen LogP contribution in [0.4, 0.5) is 5.69 Å². The molecule has 4 rings (SSSR count). The van der Waals surface area contributed by atoms with Crippen molar-refractivity contribution in [3.8, 4) is 5.75 Å². The Hall–Kier alpha value is -2.80. The zero-order valence-corrected chi connectivity index (χ0v) is 14.2. The number of anilines is 1. The molecule has 0 spiro atoms. The van der Waals surface area contributed by atoms with Crippen molar-refractivity contribution in [2.45, 2.75) is 13.0 Å². The molecule has 1 aromatic carbocycles. The largest absolute Gasteiger partial charge is 0.497 e. The van der Waals surface area contributed by atoms with Gasteiger partial charge in [-0.2, -0.15) is 5.10 Å². The quantitative estimate of drug-likeness (QED) is 0.772. The predicted octanol–water partition coefficient (Wildman–Crippen LogP) is 2.65. The molecule has 0 saturated heterocycles. The summed E-state index contributed by atoms with van der Waals surface area (Å²) in [6.07, 6.45) is 2.06. The Balaban J connectivity index is 1.76. The zero-order valence-electron chi connectivity index (χ0n) is 13.4. The molecule has 1 aliphatic rings. The Morgan fingerprint density at radius 2 is 2.12 bits per heavy atom. The molecular formula is C17H15ClN4O3. The maximum absolute atomic E-state index is 11.4. The van der Waals surface area contributed by atoms with Crippen molar-refractivity contribution in [1.29, 1.82) is 0 Å². The SMILES string of the molecule is COc1ccc(CN2CCc3c(Cl)nn4c(C(=O)O)cnc4c32)cc1. The van der Waals surface area contributed by atoms with Gasteiger partial charge in [-0.25, -0.2) is 14.3 Å². The van der Waals surface area contributed by atoms with Gasteiger partial charge in [-0.3, -0.25) is 0 Å². The third kappa shape index (κ3) is 2.56. The van der Waals surface area contributed by atoms with E-state index in [1.165, 1.54) is 10.7 Å². The molecule has 3 aromatic rings. The minimum Gasteiger partial charge on any atom is -0.497 e. The molecule has 0 saturated carbocycles. The zero-order chi connectivity index (χ0) is 17.6. The molecule has 7 nitrogen and oxygen atoms in total. The molecule has 0 atom stereocenters. The van der Waals surface area contributed by atoms with Crippen molar-refractivity contribution >= 4 is 28.9 Å². The normalized spacial score (nSPS) is 13.3. The van der Waals surface area contributed by atoms with Crippen molar-refractivity contribution in [2.75, 3.05) is 18.6 Å². The highest BCUT2D eigenvalue weighted by Crippen LogP contribution is 2.36. The van der Waals surface area contributed by atoms with E-state index in [4.69, 9.17) is 16.3 Å². The highest BCUT2D eigenvalue weighted by Gasteiger charge is 2.28. The summed E-state index contributed by atoms with van der Waals surface area (Å²) >= 11 is 6.29. The number of methoxy groups -OCH3 is 1. The summed E-state index contributed by atoms with van der Waals surface area (Å²) < 4.78 is 6.49. The van der Waals surface area contributed by atoms with Crippen LogP contribution in [0.2, 0.25) is 5.15 Å². The average molecular weight is 359 g/mol. The van der Waals surface area contributed by atoms with Gasteiger partial charge in [-0.05, 0) is 24.1 Å². The maximum Gasteiger partial charge on any atom is 0.356 e. The van der Waals surface area contributed by atoms with Crippen LogP contribution in [0.1, 0.15) is 21.6 Å². The summed E-state index contributed by atoms with van der Waals surface area (Å²) in [7, 11) is 1.63. The minimum absolute atomic E-state index is 0.00371. The number of imidazole rings is 1. The van der Waals surface area contributed by atoms with Gasteiger partial charge in [-0.1, -0.05) is 23.7 Å². The van der Waals surface area contributed by atoms with Gasteiger partial charge in [-0.15, -0.1) is 0 Å². The standard InChI is InChI=1S/C17H15ClN4O3/c1-25-11-4-2-10(3-5-11)9-21-7-6-12-14(21)16-19-8-13(17(23)24)22(16)20-15(12)18/h2-5,8H,6-7,9H2,1H3,(H,23,24). The molecule has 0 amide bonds. The fourth-order valence-electron chi connectivity index (χ4n) is 3.16. The summed E-state index contributed by atoms with van der Waals surface area (Å²) in [4.78, 5) is 17.8. The Bertz CT molecular complexity index is 968. The van der Waals surface area contributed by atoms with E-state index >= 15 is 0 Å². The van der Waals surface area contributed by atoms with Crippen molar-refractivity contribution in [2.24, 2.45) is 0 Å². The fourth-order valence-corrected chi connectivity index (χ4v) is 3.42. The van der Waals surface area contributed by atoms with Gasteiger partial charge in [0.05, 0.1) is 19.0 Å². The van der Waals surface area contributed by atoms with Gasteiger partial charge in [0.15, 0.2) is 16.5 Å². The number of carbonyl (C=O) groups is 1. The van der Waals surface area contributed by atoms with Crippen LogP contribution in [-0.4, -0.2) is 39.3 Å². The molecule has 0 fully saturated rings. The number of ether oxygens (including phenoxy) is 1. The summed E-state index contributed by atoms with van der Waals surface area (Å²) in [5.74, 6) is -0.282. The second kappa shape index (κ2) is 5.93. The van der Waals surface area contributed by atoms with E-state index in [-0.39, 0.29) is 5.69 Å². The van der Waals surface area contributed by atoms with E-state index in [0.717, 1.165) is 35.5 Å². The average Bonchev–Trinajstić information content (AvgIpc) is 3.20. The van der Waals surface area contributed by atoms with Crippen molar-refractivity contribution < 1.29 is 14.6 Å². The van der Waals surface area contributed by atoms with E-state index in [9.17, 15) is 9.90 Å². The highest BCUT2D eigenvalue weighted by molar-refractivity contribution is 6.30. The first-order valence-corrected chi connectivity index (χ1v) is 8.13. The number of hydrogen-bond acceptors (Lipinski definition) is 5. The Morgan fingerprint density at radius 3 is 2.80 bits per heavy atom. The first kappa shape index (κ1) is 15.7. The molecule has 0 unspecified atom stereocenters. The van der Waals surface area contributed by atoms with Gasteiger partial charge in [0.2, 0.25) is 0 Å². The molecular weight excluding hydrogens is 344 g/mol. The number of aromatic carboxylic acids is 1. The molecule has 0 radical (unpaired) electrons. The van der Waals surface area contributed by atoms with E-state index < -0.39 is 5.97 Å². The molecule has 2 aromatic heterocycles. The third-order valence-electron chi connectivity index (χ3n) is 4.37. The number of nitrogens with zero attached hydrogens (tertiary/aromatic N) is 4. The first-order chi connectivity index (χ1) is 12.1. The number of carboxylic acid groups (broad SMARTS) is 1. The van der Waals surface area contributed by atoms with Crippen LogP contribution in [0.5, 0.6) is 5.75 Å². The molecule has 0 aliphatic carbocycles. The van der Waals surface area contributed by atoms with Crippen LogP contribution in [-0.2, 0) is 13.0 Å². The van der Waals surface area contributed by atoms with Crippen molar-refractivity contribution in [1.82, 2.24) is 14.6 Å². The summed E-state index contributed by atoms with van der Waals surface area (Å²) in [5, 5.41) is 13.8. The molecule has 1 N–H and O–H groups in total. The first-order valence-electron chi connectivity index (χ1n) is 7.75. The Kier molecular flexibility index (Phi) is 3.73. The van der Waals surface area contributed by atoms with E-state index in [2.05, 4.69) is 15.0 Å². The smallest absolute Gasteiger partial charge is 0.356 e. The maximum atomic E-state index is 11.4. The van der Waals surface area contributed by atoms with E-state index in [1.807, 2.05) is 24.3 Å². The van der Waals surface area contributed by atoms with Crippen LogP contribution in [0.15, 0.2) is 30.5 Å². The number of rotatable bonds is 4. The van der Waals surface area contributed by atoms with Crippen LogP contribution in [0.25, 0.3) is 5.65 Å². The van der Waals surface area contributed by atoms with Gasteiger partial charge in [0, 0.05) is 18.7 Å². The molecule has 128 valence electrons. The number of carboxylic acids is 1. The number of fused-ring (bicyclic) bond motifs is 3. The van der Waals surface area contributed by atoms with Crippen LogP contribution in [0.3, 0.4) is 0 Å². The van der Waals surface area contributed by atoms with Crippen LogP contribution < -0.4 is 9.64 Å². The lowest BCUT2D eigenvalue weighted by Crippen LogP contribution is -2.20. The number of benzene rings is 1. The lowest BCUT2D eigenvalue weighted by molar-refractivity contribution is 0.0688. The third-order valence-corrected chi connectivity index (χ3v) is 4.68. The van der Waals surface area contributed by atoms with E-state index in [0.29, 0.717) is 17.3 Å². The summed E-state index contributed by atoms with van der Waals surface area (Å²) in [6, 6.07) is 7.84. The van der Waals surface area contributed by atoms with Crippen molar-refractivity contribution in [3.63, 3.8) is 0 Å². The van der Waals surface area contributed by atoms with Gasteiger partial charge in [0.25, 0.3) is 0 Å². The summed E-state index contributed by atoms with van der Waals surface area (Å²) in [5.41, 5.74) is 3.39. The molecule has 0 bridgehead atoms. The Labute approximate surface area is 148 Å². The predicted molar refractivity (Wildman–Crippen MR) is 92.7 cm³/mol. The lowest BCUT2D eigenvalue weighted by Gasteiger charge is -2.20. The Morgan fingerprint density at radius 1 is 1.36 bits per heavy atom. The second-order valence-corrected chi connectivity index (χ2v) is 6.18. The summed E-state index contributed by atoms with van der Waals surface area (Å²) in [6.45, 7) is 1.44. The van der Waals surface area contributed by atoms with Gasteiger partial charge < -0.3 is 14.7 Å². The van der Waals surface area contributed by atoms with Crippen LogP contribution >= 0.6 is 11.6 Å². The minimum atomic E-state index is -1.09. The highest BCUT2D eigenvalue weighted by atomic mass is 35.5. The molecule has 3 heterocycles. The fraction of sp³-hybridized carbons (Fsp3) is 0.235. The van der Waals surface area contributed by atoms with Crippen molar-refractivity contribution in [3.05, 3.63) is 52.4 Å². The number of halogens is 1. The molecule has 8 heteroatoms. The molecule has 25 heavy (non-hydrogen) atoms. The lowest BCUT2D eigenvalue weighted by atomic mass is 10.2. The van der Waals surface area contributed by atoms with E-state index in [1.54, 1.807) is 7.11 Å². The van der Waals surface area contributed by atoms with Gasteiger partial charge in [0.1, 0.15) is 5.75 Å².